The predicted octanol–water partition coefficient (Wildman–Crippen LogP) is 3.99. The topological polar surface area (TPSA) is 55.4 Å². The molecule has 1 aromatic heterocycles. The van der Waals surface area contributed by atoms with Gasteiger partial charge in [0.15, 0.2) is 5.78 Å². The van der Waals surface area contributed by atoms with Crippen molar-refractivity contribution in [3.8, 4) is 5.75 Å². The van der Waals surface area contributed by atoms with Gasteiger partial charge in [-0.3, -0.25) is 9.59 Å². The number of Topliss-reactive ketones (excluding diaryl/α,β-unsaturated/α-hetero) is 1. The first kappa shape index (κ1) is 15.3. The van der Waals surface area contributed by atoms with E-state index in [2.05, 4.69) is 5.32 Å². The first-order valence-electron chi connectivity index (χ1n) is 6.74. The minimum atomic E-state index is -0.202. The summed E-state index contributed by atoms with van der Waals surface area (Å²) < 4.78 is 5.62. The zero-order valence-corrected chi connectivity index (χ0v) is 12.8. The van der Waals surface area contributed by atoms with Gasteiger partial charge in [-0.15, -0.1) is 11.3 Å². The van der Waals surface area contributed by atoms with Gasteiger partial charge in [0.25, 0.3) is 5.91 Å². The van der Waals surface area contributed by atoms with Crippen LogP contribution >= 0.6 is 11.3 Å². The maximum absolute atomic E-state index is 12.1. The van der Waals surface area contributed by atoms with Crippen molar-refractivity contribution < 1.29 is 14.3 Å². The maximum Gasteiger partial charge on any atom is 0.265 e. The zero-order chi connectivity index (χ0) is 15.2. The normalized spacial score (nSPS) is 10.2. The summed E-state index contributed by atoms with van der Waals surface area (Å²) in [5.74, 6) is 0.322. The van der Waals surface area contributed by atoms with Crippen molar-refractivity contribution in [2.75, 3.05) is 11.9 Å². The highest BCUT2D eigenvalue weighted by Gasteiger charge is 2.13. The first-order valence-corrected chi connectivity index (χ1v) is 7.62. The quantitative estimate of drug-likeness (QED) is 0.821. The fraction of sp³-hybridized carbons (Fsp3) is 0.250. The number of amides is 1. The molecule has 1 N–H and O–H groups in total. The van der Waals surface area contributed by atoms with Crippen molar-refractivity contribution in [1.82, 2.24) is 0 Å². The van der Waals surface area contributed by atoms with Crippen molar-refractivity contribution in [3.05, 3.63) is 46.2 Å². The van der Waals surface area contributed by atoms with E-state index in [9.17, 15) is 9.59 Å². The number of anilines is 1. The van der Waals surface area contributed by atoms with Crippen molar-refractivity contribution >= 4 is 28.7 Å². The molecular formula is C16H17NO3S. The van der Waals surface area contributed by atoms with E-state index in [-0.39, 0.29) is 11.7 Å². The van der Waals surface area contributed by atoms with Crippen LogP contribution in [0.25, 0.3) is 0 Å². The van der Waals surface area contributed by atoms with Crippen LogP contribution < -0.4 is 10.1 Å². The van der Waals surface area contributed by atoms with E-state index in [1.165, 1.54) is 18.3 Å². The van der Waals surface area contributed by atoms with Crippen molar-refractivity contribution in [1.29, 1.82) is 0 Å². The molecular weight excluding hydrogens is 286 g/mol. The van der Waals surface area contributed by atoms with Gasteiger partial charge < -0.3 is 10.1 Å². The number of carbonyl (C=O) groups excluding carboxylic acids is 2. The van der Waals surface area contributed by atoms with E-state index in [0.29, 0.717) is 28.5 Å². The van der Waals surface area contributed by atoms with Gasteiger partial charge in [0.05, 0.1) is 17.2 Å². The lowest BCUT2D eigenvalue weighted by Crippen LogP contribution is -2.12. The number of thiophene rings is 1. The highest BCUT2D eigenvalue weighted by molar-refractivity contribution is 7.12. The summed E-state index contributed by atoms with van der Waals surface area (Å²) in [6.07, 6.45) is 0.868. The van der Waals surface area contributed by atoms with Crippen molar-refractivity contribution in [2.45, 2.75) is 20.3 Å². The Kier molecular flexibility index (Phi) is 5.11. The number of nitrogens with one attached hydrogen (secondary N) is 1. The number of ketones is 1. The number of hydrogen-bond donors (Lipinski definition) is 1. The maximum atomic E-state index is 12.1. The van der Waals surface area contributed by atoms with E-state index in [0.717, 1.165) is 6.42 Å². The second kappa shape index (κ2) is 7.04. The molecule has 4 nitrogen and oxygen atoms in total. The molecule has 2 aromatic rings. The molecule has 1 heterocycles. The summed E-state index contributed by atoms with van der Waals surface area (Å²) in [7, 11) is 0. The van der Waals surface area contributed by atoms with E-state index in [1.54, 1.807) is 24.3 Å². The summed E-state index contributed by atoms with van der Waals surface area (Å²) in [5, 5.41) is 4.65. The van der Waals surface area contributed by atoms with Crippen LogP contribution in [0.5, 0.6) is 5.75 Å². The number of hydrogen-bond acceptors (Lipinski definition) is 4. The largest absolute Gasteiger partial charge is 0.491 e. The van der Waals surface area contributed by atoms with E-state index >= 15 is 0 Å². The van der Waals surface area contributed by atoms with Crippen LogP contribution in [0.4, 0.5) is 5.69 Å². The molecule has 0 aliphatic rings. The molecule has 21 heavy (non-hydrogen) atoms. The second-order valence-electron chi connectivity index (χ2n) is 4.55. The number of benzene rings is 1. The van der Waals surface area contributed by atoms with Crippen LogP contribution in [0.2, 0.25) is 0 Å². The van der Waals surface area contributed by atoms with E-state index in [4.69, 9.17) is 4.74 Å². The number of rotatable bonds is 6. The number of carbonyl (C=O) groups is 2. The molecule has 0 saturated heterocycles. The Labute approximate surface area is 127 Å². The molecule has 1 amide bonds. The van der Waals surface area contributed by atoms with Crippen molar-refractivity contribution in [3.63, 3.8) is 0 Å². The molecule has 0 spiro atoms. The van der Waals surface area contributed by atoms with Crippen LogP contribution in [0, 0.1) is 0 Å². The van der Waals surface area contributed by atoms with Gasteiger partial charge in [-0.2, -0.15) is 0 Å². The fourth-order valence-corrected chi connectivity index (χ4v) is 2.40. The highest BCUT2D eigenvalue weighted by atomic mass is 32.1. The lowest BCUT2D eigenvalue weighted by Gasteiger charge is -2.12. The standard InChI is InChI=1S/C16H17NO3S/c1-3-8-20-14-7-6-12(11(2)18)10-13(14)17-16(19)15-5-4-9-21-15/h4-7,9-10H,3,8H2,1-2H3,(H,17,19). The molecule has 0 bridgehead atoms. The molecule has 0 radical (unpaired) electrons. The molecule has 0 aliphatic heterocycles. The van der Waals surface area contributed by atoms with Crippen LogP contribution in [0.15, 0.2) is 35.7 Å². The predicted molar refractivity (Wildman–Crippen MR) is 84.5 cm³/mol. The molecule has 1 aromatic carbocycles. The minimum absolute atomic E-state index is 0.0522. The Morgan fingerprint density at radius 2 is 2.10 bits per heavy atom. The summed E-state index contributed by atoms with van der Waals surface area (Å²) in [5.41, 5.74) is 1.06. The Bertz CT molecular complexity index is 635. The van der Waals surface area contributed by atoms with E-state index < -0.39 is 0 Å². The van der Waals surface area contributed by atoms with Gasteiger partial charge in [-0.05, 0) is 43.0 Å². The number of ether oxygens (including phenoxy) is 1. The summed E-state index contributed by atoms with van der Waals surface area (Å²) >= 11 is 1.36. The summed E-state index contributed by atoms with van der Waals surface area (Å²) in [4.78, 5) is 24.2. The lowest BCUT2D eigenvalue weighted by molar-refractivity contribution is 0.101. The fourth-order valence-electron chi connectivity index (χ4n) is 1.78. The van der Waals surface area contributed by atoms with Gasteiger partial charge in [-0.1, -0.05) is 13.0 Å². The molecule has 0 unspecified atom stereocenters. The molecule has 0 fully saturated rings. The molecule has 2 rings (SSSR count). The van der Waals surface area contributed by atoms with Crippen LogP contribution in [0.3, 0.4) is 0 Å². The Hall–Kier alpha value is -2.14. The van der Waals surface area contributed by atoms with Crippen LogP contribution in [0.1, 0.15) is 40.3 Å². The van der Waals surface area contributed by atoms with E-state index in [1.807, 2.05) is 18.4 Å². The molecule has 0 atom stereocenters. The molecule has 0 aliphatic carbocycles. The lowest BCUT2D eigenvalue weighted by atomic mass is 10.1. The van der Waals surface area contributed by atoms with Crippen LogP contribution in [-0.2, 0) is 0 Å². The highest BCUT2D eigenvalue weighted by Crippen LogP contribution is 2.27. The van der Waals surface area contributed by atoms with Gasteiger partial charge in [0, 0.05) is 5.56 Å². The average molecular weight is 303 g/mol. The SMILES string of the molecule is CCCOc1ccc(C(C)=O)cc1NC(=O)c1cccs1. The first-order chi connectivity index (χ1) is 10.1. The Balaban J connectivity index is 2.27. The Morgan fingerprint density at radius 1 is 1.29 bits per heavy atom. The third-order valence-corrected chi connectivity index (χ3v) is 3.71. The Morgan fingerprint density at radius 3 is 2.71 bits per heavy atom. The van der Waals surface area contributed by atoms with Gasteiger partial charge in [0.1, 0.15) is 5.75 Å². The van der Waals surface area contributed by atoms with Gasteiger partial charge in [-0.25, -0.2) is 0 Å². The third kappa shape index (κ3) is 3.92. The van der Waals surface area contributed by atoms with Gasteiger partial charge in [0.2, 0.25) is 0 Å². The zero-order valence-electron chi connectivity index (χ0n) is 12.0. The monoisotopic (exact) mass is 303 g/mol. The summed E-state index contributed by atoms with van der Waals surface area (Å²) in [6.45, 7) is 4.06. The summed E-state index contributed by atoms with van der Waals surface area (Å²) in [6, 6.07) is 8.64. The second-order valence-corrected chi connectivity index (χ2v) is 5.49. The van der Waals surface area contributed by atoms with Crippen LogP contribution in [-0.4, -0.2) is 18.3 Å². The van der Waals surface area contributed by atoms with Gasteiger partial charge >= 0.3 is 0 Å². The average Bonchev–Trinajstić information content (AvgIpc) is 3.00. The van der Waals surface area contributed by atoms with Crippen molar-refractivity contribution in [2.24, 2.45) is 0 Å². The smallest absolute Gasteiger partial charge is 0.265 e. The minimum Gasteiger partial charge on any atom is -0.491 e. The molecule has 5 heteroatoms. The molecule has 110 valence electrons. The molecule has 0 saturated carbocycles. The third-order valence-electron chi connectivity index (χ3n) is 2.84.